The second-order valence-corrected chi connectivity index (χ2v) is 11.1. The van der Waals surface area contributed by atoms with Gasteiger partial charge in [0.1, 0.15) is 5.69 Å². The van der Waals surface area contributed by atoms with Crippen LogP contribution in [0.3, 0.4) is 0 Å². The summed E-state index contributed by atoms with van der Waals surface area (Å²) in [6, 6.07) is 18.3. The van der Waals surface area contributed by atoms with E-state index in [4.69, 9.17) is 16.7 Å². The van der Waals surface area contributed by atoms with E-state index in [1.807, 2.05) is 42.5 Å². The number of nitrogens with one attached hydrogen (secondary N) is 1. The molecule has 1 aliphatic heterocycles. The molecular weight excluding hydrogens is 460 g/mol. The Morgan fingerprint density at radius 3 is 2.61 bits per heavy atom. The summed E-state index contributed by atoms with van der Waals surface area (Å²) < 4.78 is 25.5. The molecule has 1 aliphatic rings. The van der Waals surface area contributed by atoms with Crippen molar-refractivity contribution in [1.82, 2.24) is 20.1 Å². The number of pyridine rings is 1. The van der Waals surface area contributed by atoms with Gasteiger partial charge in [0.2, 0.25) is 0 Å². The molecule has 1 amide bonds. The van der Waals surface area contributed by atoms with Gasteiger partial charge in [0.05, 0.1) is 27.6 Å². The average molecular weight is 481 g/mol. The lowest BCUT2D eigenvalue weighted by atomic mass is 10.0. The number of nitrogens with zero attached hydrogens (tertiary/aromatic N) is 3. The smallest absolute Gasteiger partial charge is 0.251 e. The van der Waals surface area contributed by atoms with E-state index in [1.54, 1.807) is 36.0 Å². The van der Waals surface area contributed by atoms with E-state index in [9.17, 15) is 13.2 Å². The number of carbonyl (C=O) groups is 1. The molecule has 0 bridgehead atoms. The van der Waals surface area contributed by atoms with E-state index in [2.05, 4.69) is 10.3 Å². The third kappa shape index (κ3) is 4.12. The minimum Gasteiger partial charge on any atom is -0.346 e. The summed E-state index contributed by atoms with van der Waals surface area (Å²) in [5, 5.41) is 9.09. The van der Waals surface area contributed by atoms with Crippen molar-refractivity contribution in [3.63, 3.8) is 0 Å². The minimum atomic E-state index is -3.14. The van der Waals surface area contributed by atoms with Gasteiger partial charge in [0.25, 0.3) is 5.91 Å². The standard InChI is InChI=1S/C24H21ClN4O3S/c1-24(11-13-33(31,32)15-24)27-23(30)16-9-10-18-20(14-16)29(21-8-4-5-12-26-21)28-22(18)17-6-2-3-7-19(17)25/h2-10,12,14H,11,13,15H2,1H3,(H,27,30)/t24-/m1/s1. The molecule has 0 unspecified atom stereocenters. The number of aromatic nitrogens is 3. The molecule has 7 nitrogen and oxygen atoms in total. The van der Waals surface area contributed by atoms with E-state index in [0.717, 1.165) is 10.9 Å². The van der Waals surface area contributed by atoms with Crippen molar-refractivity contribution in [3.8, 4) is 17.1 Å². The number of hydrogen-bond acceptors (Lipinski definition) is 5. The maximum absolute atomic E-state index is 13.1. The summed E-state index contributed by atoms with van der Waals surface area (Å²) in [6.07, 6.45) is 2.07. The van der Waals surface area contributed by atoms with Crippen molar-refractivity contribution in [2.24, 2.45) is 0 Å². The molecular formula is C24H21ClN4O3S. The Bertz CT molecular complexity index is 1480. The molecule has 1 atom stereocenters. The molecule has 1 saturated heterocycles. The second-order valence-electron chi connectivity index (χ2n) is 8.52. The largest absolute Gasteiger partial charge is 0.346 e. The highest BCUT2D eigenvalue weighted by molar-refractivity contribution is 7.91. The third-order valence-corrected chi connectivity index (χ3v) is 8.09. The van der Waals surface area contributed by atoms with E-state index in [0.29, 0.717) is 34.0 Å². The summed E-state index contributed by atoms with van der Waals surface area (Å²) in [4.78, 5) is 17.5. The van der Waals surface area contributed by atoms with Crippen LogP contribution in [0.5, 0.6) is 0 Å². The topological polar surface area (TPSA) is 93.9 Å². The number of carbonyl (C=O) groups excluding carboxylic acids is 1. The second kappa shape index (κ2) is 7.97. The maximum Gasteiger partial charge on any atom is 0.251 e. The highest BCUT2D eigenvalue weighted by Crippen LogP contribution is 2.34. The number of benzene rings is 2. The summed E-state index contributed by atoms with van der Waals surface area (Å²) in [5.41, 5.74) is 1.78. The molecule has 33 heavy (non-hydrogen) atoms. The predicted octanol–water partition coefficient (Wildman–Crippen LogP) is 4.05. The minimum absolute atomic E-state index is 0.0590. The van der Waals surface area contributed by atoms with Crippen LogP contribution in [-0.2, 0) is 9.84 Å². The van der Waals surface area contributed by atoms with Crippen LogP contribution in [0, 0.1) is 0 Å². The zero-order chi connectivity index (χ0) is 23.2. The number of sulfone groups is 1. The molecule has 0 saturated carbocycles. The Morgan fingerprint density at radius 2 is 1.91 bits per heavy atom. The molecule has 1 fully saturated rings. The van der Waals surface area contributed by atoms with Crippen molar-refractivity contribution in [1.29, 1.82) is 0 Å². The summed E-state index contributed by atoms with van der Waals surface area (Å²) in [6.45, 7) is 1.77. The van der Waals surface area contributed by atoms with Gasteiger partial charge in [-0.2, -0.15) is 5.10 Å². The van der Waals surface area contributed by atoms with Crippen LogP contribution in [0.1, 0.15) is 23.7 Å². The summed E-state index contributed by atoms with van der Waals surface area (Å²) in [7, 11) is -3.14. The Labute approximate surface area is 196 Å². The van der Waals surface area contributed by atoms with Crippen molar-refractivity contribution in [3.05, 3.63) is 77.4 Å². The highest BCUT2D eigenvalue weighted by Gasteiger charge is 2.39. The van der Waals surface area contributed by atoms with Crippen molar-refractivity contribution in [2.45, 2.75) is 18.9 Å². The summed E-state index contributed by atoms with van der Waals surface area (Å²) >= 11 is 6.45. The molecule has 168 valence electrons. The fourth-order valence-electron chi connectivity index (χ4n) is 4.22. The molecule has 2 aromatic carbocycles. The fraction of sp³-hybridized carbons (Fsp3) is 0.208. The first-order chi connectivity index (χ1) is 15.7. The lowest BCUT2D eigenvalue weighted by molar-refractivity contribution is 0.0915. The van der Waals surface area contributed by atoms with Gasteiger partial charge in [-0.3, -0.25) is 4.79 Å². The Hall–Kier alpha value is -3.23. The zero-order valence-electron chi connectivity index (χ0n) is 17.8. The molecule has 2 aromatic heterocycles. The van der Waals surface area contributed by atoms with E-state index in [1.165, 1.54) is 0 Å². The molecule has 0 spiro atoms. The predicted molar refractivity (Wildman–Crippen MR) is 128 cm³/mol. The lowest BCUT2D eigenvalue weighted by Crippen LogP contribution is -2.46. The maximum atomic E-state index is 13.1. The number of amides is 1. The Morgan fingerprint density at radius 1 is 1.12 bits per heavy atom. The first-order valence-electron chi connectivity index (χ1n) is 10.5. The molecule has 0 aliphatic carbocycles. The Kier molecular flexibility index (Phi) is 5.22. The zero-order valence-corrected chi connectivity index (χ0v) is 19.4. The van der Waals surface area contributed by atoms with E-state index < -0.39 is 15.4 Å². The Balaban J connectivity index is 1.61. The molecule has 4 aromatic rings. The van der Waals surface area contributed by atoms with Gasteiger partial charge in [-0.25, -0.2) is 18.1 Å². The number of halogens is 1. The van der Waals surface area contributed by atoms with Crippen LogP contribution < -0.4 is 5.32 Å². The van der Waals surface area contributed by atoms with Gasteiger partial charge in [-0.15, -0.1) is 0 Å². The van der Waals surface area contributed by atoms with Crippen LogP contribution in [0.15, 0.2) is 66.9 Å². The van der Waals surface area contributed by atoms with Crippen LogP contribution in [0.2, 0.25) is 5.02 Å². The first-order valence-corrected chi connectivity index (χ1v) is 12.7. The van der Waals surface area contributed by atoms with E-state index >= 15 is 0 Å². The van der Waals surface area contributed by atoms with Crippen LogP contribution >= 0.6 is 11.6 Å². The number of fused-ring (bicyclic) bond motifs is 1. The van der Waals surface area contributed by atoms with E-state index in [-0.39, 0.29) is 17.4 Å². The van der Waals surface area contributed by atoms with Gasteiger partial charge in [0.15, 0.2) is 15.7 Å². The van der Waals surface area contributed by atoms with Gasteiger partial charge in [-0.05, 0) is 49.7 Å². The number of rotatable bonds is 4. The first kappa shape index (κ1) is 21.6. The normalized spacial score (nSPS) is 19.6. The quantitative estimate of drug-likeness (QED) is 0.475. The van der Waals surface area contributed by atoms with Gasteiger partial charge < -0.3 is 5.32 Å². The molecule has 9 heteroatoms. The summed E-state index contributed by atoms with van der Waals surface area (Å²) in [5.74, 6) is 0.296. The monoisotopic (exact) mass is 480 g/mol. The highest BCUT2D eigenvalue weighted by atomic mass is 35.5. The van der Waals surface area contributed by atoms with Crippen molar-refractivity contribution >= 4 is 38.2 Å². The van der Waals surface area contributed by atoms with Crippen LogP contribution in [0.4, 0.5) is 0 Å². The van der Waals surface area contributed by atoms with Crippen LogP contribution in [0.25, 0.3) is 28.0 Å². The third-order valence-electron chi connectivity index (χ3n) is 5.86. The van der Waals surface area contributed by atoms with Gasteiger partial charge in [0, 0.05) is 22.7 Å². The van der Waals surface area contributed by atoms with Crippen molar-refractivity contribution in [2.75, 3.05) is 11.5 Å². The SMILES string of the molecule is C[C@@]1(NC(=O)c2ccc3c(-c4ccccc4Cl)nn(-c4ccccn4)c3c2)CCS(=O)(=O)C1. The van der Waals surface area contributed by atoms with Gasteiger partial charge in [-0.1, -0.05) is 35.9 Å². The van der Waals surface area contributed by atoms with Crippen molar-refractivity contribution < 1.29 is 13.2 Å². The number of hydrogen-bond donors (Lipinski definition) is 1. The average Bonchev–Trinajstić information content (AvgIpc) is 3.30. The lowest BCUT2D eigenvalue weighted by Gasteiger charge is -2.23. The van der Waals surface area contributed by atoms with Crippen LogP contribution in [-0.4, -0.2) is 46.1 Å². The molecule has 3 heterocycles. The molecule has 0 radical (unpaired) electrons. The molecule has 1 N–H and O–H groups in total. The molecule has 5 rings (SSSR count). The fourth-order valence-corrected chi connectivity index (χ4v) is 6.54. The van der Waals surface area contributed by atoms with Gasteiger partial charge >= 0.3 is 0 Å².